The van der Waals surface area contributed by atoms with E-state index in [0.29, 0.717) is 17.5 Å². The minimum Gasteiger partial charge on any atom is -0.372 e. The van der Waals surface area contributed by atoms with E-state index in [0.717, 1.165) is 41.2 Å². The maximum absolute atomic E-state index is 12.6. The third-order valence-electron chi connectivity index (χ3n) is 4.49. The quantitative estimate of drug-likeness (QED) is 0.325. The van der Waals surface area contributed by atoms with E-state index in [9.17, 15) is 13.2 Å². The first-order chi connectivity index (χ1) is 14.2. The van der Waals surface area contributed by atoms with Gasteiger partial charge in [-0.1, -0.05) is 6.07 Å². The minimum absolute atomic E-state index is 0. The summed E-state index contributed by atoms with van der Waals surface area (Å²) in [5, 5.41) is 7.44. The average molecular weight is 570 g/mol. The molecule has 1 fully saturated rings. The van der Waals surface area contributed by atoms with Crippen LogP contribution in [0.4, 0.5) is 19.0 Å². The number of nitrogens with zero attached hydrogens (tertiary/aromatic N) is 4. The molecule has 3 heterocycles. The maximum atomic E-state index is 12.6. The van der Waals surface area contributed by atoms with Gasteiger partial charge in [0.2, 0.25) is 0 Å². The molecule has 1 saturated heterocycles. The number of hydrogen-bond acceptors (Lipinski definition) is 6. The molecule has 0 bridgehead atoms. The molecule has 0 aliphatic carbocycles. The zero-order chi connectivity index (χ0) is 21.7. The fourth-order valence-electron chi connectivity index (χ4n) is 3.16. The van der Waals surface area contributed by atoms with E-state index in [-0.39, 0.29) is 42.7 Å². The van der Waals surface area contributed by atoms with Gasteiger partial charge in [0.25, 0.3) is 0 Å². The van der Waals surface area contributed by atoms with Crippen LogP contribution in [0.15, 0.2) is 28.7 Å². The van der Waals surface area contributed by atoms with Gasteiger partial charge in [-0.05, 0) is 25.5 Å². The number of guanidine groups is 1. The molecular formula is C19H26F3IN6OS. The number of anilines is 1. The molecule has 31 heavy (non-hydrogen) atoms. The van der Waals surface area contributed by atoms with E-state index in [1.165, 1.54) is 0 Å². The van der Waals surface area contributed by atoms with Crippen molar-refractivity contribution in [2.24, 2.45) is 4.99 Å². The number of alkyl halides is 3. The van der Waals surface area contributed by atoms with Gasteiger partial charge < -0.3 is 20.3 Å². The summed E-state index contributed by atoms with van der Waals surface area (Å²) in [5.74, 6) is 1.38. The average Bonchev–Trinajstić information content (AvgIpc) is 3.17. The number of hydrogen-bond donors (Lipinski definition) is 2. The van der Waals surface area contributed by atoms with Crippen LogP contribution in [-0.4, -0.2) is 48.3 Å². The molecule has 2 N–H and O–H groups in total. The van der Waals surface area contributed by atoms with Crippen molar-refractivity contribution in [1.82, 2.24) is 20.6 Å². The van der Waals surface area contributed by atoms with Gasteiger partial charge in [-0.25, -0.2) is 9.97 Å². The molecule has 7 nitrogen and oxygen atoms in total. The number of morpholine rings is 1. The van der Waals surface area contributed by atoms with Crippen LogP contribution in [0.2, 0.25) is 0 Å². The van der Waals surface area contributed by atoms with Crippen molar-refractivity contribution in [3.05, 3.63) is 40.0 Å². The minimum atomic E-state index is -4.43. The third kappa shape index (κ3) is 7.45. The first-order valence-electron chi connectivity index (χ1n) is 9.56. The van der Waals surface area contributed by atoms with Crippen molar-refractivity contribution in [3.63, 3.8) is 0 Å². The predicted octanol–water partition coefficient (Wildman–Crippen LogP) is 3.65. The van der Waals surface area contributed by atoms with Crippen LogP contribution in [0.5, 0.6) is 0 Å². The SMILES string of the molecule is CN=C(NCc1ccc(N2CC(C)OC(C)C2)nc1)NCc1nc(C(F)(F)F)cs1.I. The number of halogens is 4. The highest BCUT2D eigenvalue weighted by molar-refractivity contribution is 14.0. The van der Waals surface area contributed by atoms with Crippen LogP contribution < -0.4 is 15.5 Å². The van der Waals surface area contributed by atoms with Gasteiger partial charge in [0.15, 0.2) is 11.7 Å². The van der Waals surface area contributed by atoms with Gasteiger partial charge in [-0.3, -0.25) is 4.99 Å². The summed E-state index contributed by atoms with van der Waals surface area (Å²) < 4.78 is 43.7. The molecule has 2 aromatic rings. The Balaban J connectivity index is 0.00000341. The Labute approximate surface area is 200 Å². The maximum Gasteiger partial charge on any atom is 0.434 e. The lowest BCUT2D eigenvalue weighted by atomic mass is 10.2. The fraction of sp³-hybridized carbons (Fsp3) is 0.526. The van der Waals surface area contributed by atoms with Gasteiger partial charge in [0.1, 0.15) is 10.8 Å². The smallest absolute Gasteiger partial charge is 0.372 e. The van der Waals surface area contributed by atoms with E-state index in [4.69, 9.17) is 4.74 Å². The van der Waals surface area contributed by atoms with Crippen molar-refractivity contribution < 1.29 is 17.9 Å². The molecule has 1 aliphatic heterocycles. The molecule has 0 aromatic carbocycles. The molecule has 1 aliphatic rings. The van der Waals surface area contributed by atoms with Crippen molar-refractivity contribution in [1.29, 1.82) is 0 Å². The van der Waals surface area contributed by atoms with E-state index in [2.05, 4.69) is 44.3 Å². The fourth-order valence-corrected chi connectivity index (χ4v) is 3.90. The molecule has 0 saturated carbocycles. The van der Waals surface area contributed by atoms with Crippen LogP contribution in [0, 0.1) is 0 Å². The highest BCUT2D eigenvalue weighted by Gasteiger charge is 2.33. The van der Waals surface area contributed by atoms with Gasteiger partial charge in [-0.2, -0.15) is 13.2 Å². The van der Waals surface area contributed by atoms with Crippen molar-refractivity contribution in [3.8, 4) is 0 Å². The second kappa shape index (κ2) is 11.3. The summed E-state index contributed by atoms with van der Waals surface area (Å²) in [6, 6.07) is 3.97. The first kappa shape index (κ1) is 25.6. The lowest BCUT2D eigenvalue weighted by molar-refractivity contribution is -0.140. The molecular weight excluding hydrogens is 544 g/mol. The molecule has 172 valence electrons. The molecule has 2 aromatic heterocycles. The Morgan fingerprint density at radius 1 is 1.23 bits per heavy atom. The number of aromatic nitrogens is 2. The zero-order valence-corrected chi connectivity index (χ0v) is 20.6. The van der Waals surface area contributed by atoms with Gasteiger partial charge in [0, 0.05) is 38.3 Å². The van der Waals surface area contributed by atoms with E-state index in [1.807, 2.05) is 12.1 Å². The Morgan fingerprint density at radius 3 is 2.45 bits per heavy atom. The summed E-state index contributed by atoms with van der Waals surface area (Å²) >= 11 is 0.959. The number of pyridine rings is 1. The molecule has 0 amide bonds. The third-order valence-corrected chi connectivity index (χ3v) is 5.33. The second-order valence-electron chi connectivity index (χ2n) is 7.09. The lowest BCUT2D eigenvalue weighted by Gasteiger charge is -2.36. The Bertz CT molecular complexity index is 851. The van der Waals surface area contributed by atoms with Gasteiger partial charge in [0.05, 0.1) is 18.8 Å². The molecule has 2 unspecified atom stereocenters. The van der Waals surface area contributed by atoms with Crippen LogP contribution in [-0.2, 0) is 24.0 Å². The summed E-state index contributed by atoms with van der Waals surface area (Å²) in [4.78, 5) is 14.4. The van der Waals surface area contributed by atoms with Crippen molar-refractivity contribution in [2.75, 3.05) is 25.0 Å². The number of aliphatic imine (C=N–C) groups is 1. The highest BCUT2D eigenvalue weighted by Crippen LogP contribution is 2.29. The Kier molecular flexibility index (Phi) is 9.30. The van der Waals surface area contributed by atoms with Crippen molar-refractivity contribution >= 4 is 47.1 Å². The standard InChI is InChI=1S/C19H25F3N6OS.HI/c1-12-9-28(10-13(2)29-12)16-5-4-14(6-24-16)7-25-18(23-3)26-8-17-27-15(11-30-17)19(20,21)22;/h4-6,11-13H,7-10H2,1-3H3,(H2,23,25,26);1H. The summed E-state index contributed by atoms with van der Waals surface area (Å²) in [7, 11) is 1.60. The Hall–Kier alpha value is -1.67. The summed E-state index contributed by atoms with van der Waals surface area (Å²) in [6.45, 7) is 6.35. The van der Waals surface area contributed by atoms with Crippen LogP contribution in [0.3, 0.4) is 0 Å². The monoisotopic (exact) mass is 570 g/mol. The van der Waals surface area contributed by atoms with Gasteiger partial charge >= 0.3 is 6.18 Å². The van der Waals surface area contributed by atoms with Crippen LogP contribution >= 0.6 is 35.3 Å². The number of thiazole rings is 1. The van der Waals surface area contributed by atoms with Crippen LogP contribution in [0.25, 0.3) is 0 Å². The largest absolute Gasteiger partial charge is 0.434 e. The highest BCUT2D eigenvalue weighted by atomic mass is 127. The zero-order valence-electron chi connectivity index (χ0n) is 17.4. The summed E-state index contributed by atoms with van der Waals surface area (Å²) in [6.07, 6.45) is -2.30. The Morgan fingerprint density at radius 2 is 1.90 bits per heavy atom. The number of rotatable bonds is 5. The molecule has 3 rings (SSSR count). The molecule has 0 radical (unpaired) electrons. The second-order valence-corrected chi connectivity index (χ2v) is 8.03. The van der Waals surface area contributed by atoms with Gasteiger partial charge in [-0.15, -0.1) is 35.3 Å². The summed E-state index contributed by atoms with van der Waals surface area (Å²) in [5.41, 5.74) is 0.0899. The predicted molar refractivity (Wildman–Crippen MR) is 126 cm³/mol. The van der Waals surface area contributed by atoms with E-state index in [1.54, 1.807) is 13.2 Å². The molecule has 0 spiro atoms. The first-order valence-corrected chi connectivity index (χ1v) is 10.4. The topological polar surface area (TPSA) is 74.7 Å². The number of ether oxygens (including phenoxy) is 1. The lowest BCUT2D eigenvalue weighted by Crippen LogP contribution is -2.45. The van der Waals surface area contributed by atoms with E-state index < -0.39 is 11.9 Å². The van der Waals surface area contributed by atoms with Crippen molar-refractivity contribution in [2.45, 2.75) is 45.3 Å². The molecule has 2 atom stereocenters. The van der Waals surface area contributed by atoms with E-state index >= 15 is 0 Å². The number of nitrogens with one attached hydrogen (secondary N) is 2. The van der Waals surface area contributed by atoms with Crippen LogP contribution in [0.1, 0.15) is 30.1 Å². The molecule has 12 heteroatoms. The normalized spacial score (nSPS) is 19.7.